The van der Waals surface area contributed by atoms with Gasteiger partial charge in [0.15, 0.2) is 0 Å². The zero-order valence-corrected chi connectivity index (χ0v) is 23.0. The van der Waals surface area contributed by atoms with Crippen LogP contribution in [0, 0.1) is 6.92 Å². The van der Waals surface area contributed by atoms with Crippen molar-refractivity contribution < 1.29 is 14.3 Å². The highest BCUT2D eigenvalue weighted by molar-refractivity contribution is 5.94. The van der Waals surface area contributed by atoms with Gasteiger partial charge in [0.2, 0.25) is 0 Å². The fourth-order valence-corrected chi connectivity index (χ4v) is 5.05. The molecule has 36 heavy (non-hydrogen) atoms. The minimum absolute atomic E-state index is 0. The first kappa shape index (κ1) is 30.2. The number of benzene rings is 2. The number of nitrogens with two attached hydrogens (primary N) is 1. The Hall–Kier alpha value is -1.99. The summed E-state index contributed by atoms with van der Waals surface area (Å²) in [6, 6.07) is 14.8. The van der Waals surface area contributed by atoms with Gasteiger partial charge in [0.1, 0.15) is 18.1 Å². The molecule has 6 nitrogen and oxygen atoms in total. The standard InChI is InChI=1S/C28H39N3O3.2ClH/c1-22-9-11-24(21-27(22)34-19-13-29)28(32)31-15-5-18-33-26-8-4-6-23(20-26)10-12-25-7-2-3-14-30(25)16-17-31;;/h4,6,8-9,11,20-21,25H,2-3,5,7,10,12-19,29H2,1H3;2*1H. The van der Waals surface area contributed by atoms with Crippen LogP contribution in [0.4, 0.5) is 0 Å². The van der Waals surface area contributed by atoms with Gasteiger partial charge in [-0.1, -0.05) is 24.6 Å². The quantitative estimate of drug-likeness (QED) is 0.601. The highest BCUT2D eigenvalue weighted by atomic mass is 35.5. The van der Waals surface area contributed by atoms with Crippen molar-refractivity contribution >= 4 is 30.7 Å². The van der Waals surface area contributed by atoms with Crippen molar-refractivity contribution in [3.63, 3.8) is 0 Å². The maximum absolute atomic E-state index is 13.6. The number of ether oxygens (including phenoxy) is 2. The van der Waals surface area contributed by atoms with Crippen molar-refractivity contribution in [2.45, 2.75) is 51.5 Å². The number of carbonyl (C=O) groups excluding carboxylic acids is 1. The smallest absolute Gasteiger partial charge is 0.254 e. The number of nitrogens with zero attached hydrogens (tertiary/aromatic N) is 2. The number of carbonyl (C=O) groups is 1. The molecule has 2 aliphatic heterocycles. The summed E-state index contributed by atoms with van der Waals surface area (Å²) in [7, 11) is 0. The van der Waals surface area contributed by atoms with E-state index in [9.17, 15) is 4.79 Å². The lowest BCUT2D eigenvalue weighted by atomic mass is 9.95. The molecule has 4 rings (SSSR count). The van der Waals surface area contributed by atoms with Crippen LogP contribution in [0.5, 0.6) is 11.5 Å². The van der Waals surface area contributed by atoms with E-state index in [1.54, 1.807) is 0 Å². The molecular formula is C28H41Cl2N3O3. The van der Waals surface area contributed by atoms with Gasteiger partial charge in [0.05, 0.1) is 6.61 Å². The van der Waals surface area contributed by atoms with E-state index in [0.29, 0.717) is 37.9 Å². The van der Waals surface area contributed by atoms with Gasteiger partial charge in [-0.3, -0.25) is 9.69 Å². The summed E-state index contributed by atoms with van der Waals surface area (Å²) in [5.74, 6) is 1.71. The van der Waals surface area contributed by atoms with E-state index >= 15 is 0 Å². The molecule has 1 fully saturated rings. The molecule has 200 valence electrons. The van der Waals surface area contributed by atoms with Crippen molar-refractivity contribution in [2.75, 3.05) is 45.9 Å². The number of piperidine rings is 1. The first-order valence-electron chi connectivity index (χ1n) is 12.8. The van der Waals surface area contributed by atoms with Crippen LogP contribution >= 0.6 is 24.8 Å². The van der Waals surface area contributed by atoms with Gasteiger partial charge < -0.3 is 20.1 Å². The average Bonchev–Trinajstić information content (AvgIpc) is 2.86. The van der Waals surface area contributed by atoms with Crippen LogP contribution in [0.3, 0.4) is 0 Å². The molecule has 1 amide bonds. The third-order valence-corrected chi connectivity index (χ3v) is 7.01. The second-order valence-electron chi connectivity index (χ2n) is 9.48. The van der Waals surface area contributed by atoms with Crippen molar-refractivity contribution in [3.8, 4) is 11.5 Å². The molecule has 2 heterocycles. The van der Waals surface area contributed by atoms with Crippen molar-refractivity contribution in [2.24, 2.45) is 5.73 Å². The first-order valence-corrected chi connectivity index (χ1v) is 12.8. The van der Waals surface area contributed by atoms with Gasteiger partial charge in [-0.2, -0.15) is 0 Å². The molecule has 2 aromatic rings. The van der Waals surface area contributed by atoms with E-state index in [4.69, 9.17) is 15.2 Å². The Morgan fingerprint density at radius 2 is 1.89 bits per heavy atom. The molecule has 0 spiro atoms. The van der Waals surface area contributed by atoms with Gasteiger partial charge >= 0.3 is 0 Å². The molecule has 0 radical (unpaired) electrons. The molecule has 2 N–H and O–H groups in total. The lowest BCUT2D eigenvalue weighted by Gasteiger charge is -2.37. The Kier molecular flexibility index (Phi) is 12.9. The minimum Gasteiger partial charge on any atom is -0.494 e. The Balaban J connectivity index is 0.00000228. The minimum atomic E-state index is 0. The van der Waals surface area contributed by atoms with Crippen LogP contribution in [-0.4, -0.2) is 67.7 Å². The van der Waals surface area contributed by atoms with Gasteiger partial charge in [0.25, 0.3) is 5.91 Å². The zero-order chi connectivity index (χ0) is 23.8. The number of halogens is 2. The molecule has 2 aliphatic rings. The fourth-order valence-electron chi connectivity index (χ4n) is 5.05. The Morgan fingerprint density at radius 3 is 2.72 bits per heavy atom. The summed E-state index contributed by atoms with van der Waals surface area (Å²) in [6.45, 7) is 6.92. The molecule has 0 saturated carbocycles. The maximum Gasteiger partial charge on any atom is 0.254 e. The molecule has 2 bridgehead atoms. The number of fused-ring (bicyclic) bond motifs is 3. The number of rotatable bonds is 4. The number of amides is 1. The van der Waals surface area contributed by atoms with Crippen molar-refractivity contribution in [1.29, 1.82) is 0 Å². The fraction of sp³-hybridized carbons (Fsp3) is 0.536. The maximum atomic E-state index is 13.6. The van der Waals surface area contributed by atoms with Gasteiger partial charge in [0, 0.05) is 37.8 Å². The average molecular weight is 539 g/mol. The summed E-state index contributed by atoms with van der Waals surface area (Å²) in [5, 5.41) is 0. The van der Waals surface area contributed by atoms with Crippen LogP contribution in [0.1, 0.15) is 53.6 Å². The highest BCUT2D eigenvalue weighted by Gasteiger charge is 2.24. The number of hydrogen-bond acceptors (Lipinski definition) is 5. The van der Waals surface area contributed by atoms with Crippen LogP contribution < -0.4 is 15.2 Å². The van der Waals surface area contributed by atoms with Crippen molar-refractivity contribution in [3.05, 3.63) is 59.2 Å². The Morgan fingerprint density at radius 1 is 1.03 bits per heavy atom. The predicted octanol–water partition coefficient (Wildman–Crippen LogP) is 4.89. The molecular weight excluding hydrogens is 497 g/mol. The molecule has 8 heteroatoms. The summed E-state index contributed by atoms with van der Waals surface area (Å²) in [6.07, 6.45) is 6.79. The van der Waals surface area contributed by atoms with Crippen molar-refractivity contribution in [1.82, 2.24) is 9.80 Å². The topological polar surface area (TPSA) is 68.0 Å². The normalized spacial score (nSPS) is 18.9. The van der Waals surface area contributed by atoms with E-state index in [0.717, 1.165) is 56.0 Å². The van der Waals surface area contributed by atoms with Gasteiger partial charge in [-0.25, -0.2) is 0 Å². The second-order valence-corrected chi connectivity index (χ2v) is 9.48. The first-order chi connectivity index (χ1) is 16.6. The molecule has 1 atom stereocenters. The van der Waals surface area contributed by atoms with Gasteiger partial charge in [-0.05, 0) is 81.0 Å². The lowest BCUT2D eigenvalue weighted by molar-refractivity contribution is 0.0682. The summed E-state index contributed by atoms with van der Waals surface area (Å²) in [4.78, 5) is 18.2. The molecule has 1 unspecified atom stereocenters. The summed E-state index contributed by atoms with van der Waals surface area (Å²) in [5.41, 5.74) is 8.63. The van der Waals surface area contributed by atoms with E-state index in [-0.39, 0.29) is 30.7 Å². The van der Waals surface area contributed by atoms with E-state index in [2.05, 4.69) is 23.1 Å². The van der Waals surface area contributed by atoms with Crippen LogP contribution in [0.15, 0.2) is 42.5 Å². The number of hydrogen-bond donors (Lipinski definition) is 1. The predicted molar refractivity (Wildman–Crippen MR) is 150 cm³/mol. The van der Waals surface area contributed by atoms with Crippen LogP contribution in [-0.2, 0) is 6.42 Å². The Labute approximate surface area is 228 Å². The highest BCUT2D eigenvalue weighted by Crippen LogP contribution is 2.24. The zero-order valence-electron chi connectivity index (χ0n) is 21.3. The molecule has 0 aromatic heterocycles. The number of aryl methyl sites for hydroxylation is 2. The van der Waals surface area contributed by atoms with E-state index in [1.807, 2.05) is 36.1 Å². The second kappa shape index (κ2) is 15.3. The molecule has 1 saturated heterocycles. The summed E-state index contributed by atoms with van der Waals surface area (Å²) < 4.78 is 11.8. The third kappa shape index (κ3) is 8.27. The lowest BCUT2D eigenvalue weighted by Crippen LogP contribution is -2.45. The molecule has 2 aromatic carbocycles. The Bertz CT molecular complexity index is 959. The van der Waals surface area contributed by atoms with Gasteiger partial charge in [-0.15, -0.1) is 24.8 Å². The molecule has 0 aliphatic carbocycles. The van der Waals surface area contributed by atoms with Crippen LogP contribution in [0.2, 0.25) is 0 Å². The summed E-state index contributed by atoms with van der Waals surface area (Å²) >= 11 is 0. The third-order valence-electron chi connectivity index (χ3n) is 7.01. The van der Waals surface area contributed by atoms with Crippen LogP contribution in [0.25, 0.3) is 0 Å². The largest absolute Gasteiger partial charge is 0.494 e. The van der Waals surface area contributed by atoms with E-state index in [1.165, 1.54) is 24.8 Å². The van der Waals surface area contributed by atoms with E-state index < -0.39 is 0 Å². The SMILES string of the molecule is Cc1ccc(C(=O)N2CCCOc3cccc(c3)CCC3CCCCN3CC2)cc1OCCN.Cl.Cl. The monoisotopic (exact) mass is 537 g/mol.